The Morgan fingerprint density at radius 1 is 1.50 bits per heavy atom. The van der Waals surface area contributed by atoms with Crippen LogP contribution >= 0.6 is 0 Å². The number of hydrogen-bond acceptors (Lipinski definition) is 4. The molecule has 1 atom stereocenters. The molecule has 12 heavy (non-hydrogen) atoms. The van der Waals surface area contributed by atoms with Crippen molar-refractivity contribution in [3.63, 3.8) is 0 Å². The molecule has 0 radical (unpaired) electrons. The first-order valence-corrected chi connectivity index (χ1v) is 4.29. The Hall–Kier alpha value is -0.160. The maximum atomic E-state index is 8.42. The van der Waals surface area contributed by atoms with Crippen molar-refractivity contribution in [2.24, 2.45) is 5.73 Å². The number of aliphatic hydroxyl groups excluding tert-OH is 1. The number of nitrogens with zero attached hydrogens (tertiary/aromatic N) is 1. The van der Waals surface area contributed by atoms with Crippen molar-refractivity contribution in [1.29, 1.82) is 0 Å². The van der Waals surface area contributed by atoms with Crippen molar-refractivity contribution in [3.05, 3.63) is 0 Å². The van der Waals surface area contributed by atoms with Crippen molar-refractivity contribution >= 4 is 0 Å². The molecule has 4 nitrogen and oxygen atoms in total. The number of aliphatic hydroxyl groups is 1. The predicted octanol–water partition coefficient (Wildman–Crippen LogP) is -0.726. The Kier molecular flexibility index (Phi) is 7.39. The highest BCUT2D eigenvalue weighted by atomic mass is 16.5. The van der Waals surface area contributed by atoms with E-state index >= 15 is 0 Å². The lowest BCUT2D eigenvalue weighted by molar-refractivity contribution is 0.0777. The monoisotopic (exact) mass is 176 g/mol. The Morgan fingerprint density at radius 2 is 2.17 bits per heavy atom. The van der Waals surface area contributed by atoms with Crippen molar-refractivity contribution in [2.75, 3.05) is 40.0 Å². The molecule has 0 bridgehead atoms. The van der Waals surface area contributed by atoms with Crippen molar-refractivity contribution in [3.8, 4) is 0 Å². The third-order valence-electron chi connectivity index (χ3n) is 1.45. The number of rotatable bonds is 7. The molecule has 0 amide bonds. The number of likely N-dealkylation sites (N-methyl/N-ethyl adjacent to an activating group) is 1. The quantitative estimate of drug-likeness (QED) is 0.502. The van der Waals surface area contributed by atoms with Gasteiger partial charge in [0.25, 0.3) is 0 Å². The lowest BCUT2D eigenvalue weighted by atomic mass is 10.3. The van der Waals surface area contributed by atoms with Crippen molar-refractivity contribution < 1.29 is 9.84 Å². The van der Waals surface area contributed by atoms with Crippen LogP contribution in [-0.2, 0) is 4.74 Å². The van der Waals surface area contributed by atoms with Crippen LogP contribution in [0, 0.1) is 0 Å². The van der Waals surface area contributed by atoms with E-state index in [0.717, 1.165) is 13.1 Å². The molecule has 74 valence electrons. The molecule has 0 fully saturated rings. The van der Waals surface area contributed by atoms with Gasteiger partial charge in [0.05, 0.1) is 19.8 Å². The molecular formula is C8H20N2O2. The number of hydrogen-bond donors (Lipinski definition) is 2. The summed E-state index contributed by atoms with van der Waals surface area (Å²) in [5, 5.41) is 8.42. The third kappa shape index (κ3) is 7.94. The van der Waals surface area contributed by atoms with Gasteiger partial charge in [-0.15, -0.1) is 0 Å². The fourth-order valence-corrected chi connectivity index (χ4v) is 0.970. The van der Waals surface area contributed by atoms with Gasteiger partial charge in [0.2, 0.25) is 0 Å². The standard InChI is InChI=1S/C8H20N2O2/c1-8(9)7-10(2)3-5-12-6-4-11/h8,11H,3-7,9H2,1-2H3. The number of nitrogens with two attached hydrogens (primary N) is 1. The van der Waals surface area contributed by atoms with Crippen LogP contribution in [0.25, 0.3) is 0 Å². The van der Waals surface area contributed by atoms with Gasteiger partial charge >= 0.3 is 0 Å². The molecule has 0 aromatic carbocycles. The maximum absolute atomic E-state index is 8.42. The molecule has 0 aliphatic rings. The van der Waals surface area contributed by atoms with E-state index in [0.29, 0.717) is 13.2 Å². The second-order valence-electron chi connectivity index (χ2n) is 3.08. The lowest BCUT2D eigenvalue weighted by Crippen LogP contribution is -2.34. The zero-order valence-corrected chi connectivity index (χ0v) is 7.99. The van der Waals surface area contributed by atoms with Gasteiger partial charge in [-0.2, -0.15) is 0 Å². The first-order valence-electron chi connectivity index (χ1n) is 4.29. The molecule has 3 N–H and O–H groups in total. The van der Waals surface area contributed by atoms with E-state index in [9.17, 15) is 0 Å². The summed E-state index contributed by atoms with van der Waals surface area (Å²) >= 11 is 0. The van der Waals surface area contributed by atoms with Crippen LogP contribution < -0.4 is 5.73 Å². The highest BCUT2D eigenvalue weighted by molar-refractivity contribution is 4.59. The van der Waals surface area contributed by atoms with Gasteiger partial charge in [0.1, 0.15) is 0 Å². The number of ether oxygens (including phenoxy) is 1. The zero-order chi connectivity index (χ0) is 9.40. The summed E-state index contributed by atoms with van der Waals surface area (Å²) in [7, 11) is 2.01. The minimum Gasteiger partial charge on any atom is -0.394 e. The normalized spacial score (nSPS) is 13.8. The van der Waals surface area contributed by atoms with Crippen LogP contribution in [0.2, 0.25) is 0 Å². The molecule has 0 aromatic heterocycles. The smallest absolute Gasteiger partial charge is 0.0698 e. The van der Waals surface area contributed by atoms with Crippen molar-refractivity contribution in [1.82, 2.24) is 4.90 Å². The highest BCUT2D eigenvalue weighted by Gasteiger charge is 2.00. The van der Waals surface area contributed by atoms with Gasteiger partial charge in [-0.25, -0.2) is 0 Å². The molecule has 0 rings (SSSR count). The van der Waals surface area contributed by atoms with Gasteiger partial charge in [0.15, 0.2) is 0 Å². The van der Waals surface area contributed by atoms with E-state index in [1.807, 2.05) is 14.0 Å². The van der Waals surface area contributed by atoms with Gasteiger partial charge in [-0.1, -0.05) is 0 Å². The van der Waals surface area contributed by atoms with Gasteiger partial charge in [-0.3, -0.25) is 0 Å². The molecule has 0 spiro atoms. The van der Waals surface area contributed by atoms with Gasteiger partial charge in [-0.05, 0) is 14.0 Å². The predicted molar refractivity (Wildman–Crippen MR) is 49.1 cm³/mol. The van der Waals surface area contributed by atoms with Gasteiger partial charge in [0, 0.05) is 19.1 Å². The van der Waals surface area contributed by atoms with E-state index in [1.165, 1.54) is 0 Å². The fraction of sp³-hybridized carbons (Fsp3) is 1.00. The molecule has 0 heterocycles. The minimum absolute atomic E-state index is 0.0943. The van der Waals surface area contributed by atoms with Crippen LogP contribution in [-0.4, -0.2) is 56.0 Å². The lowest BCUT2D eigenvalue weighted by Gasteiger charge is -2.18. The molecule has 0 aliphatic heterocycles. The summed E-state index contributed by atoms with van der Waals surface area (Å²) in [5.74, 6) is 0. The zero-order valence-electron chi connectivity index (χ0n) is 7.99. The van der Waals surface area contributed by atoms with Crippen LogP contribution in [0.5, 0.6) is 0 Å². The van der Waals surface area contributed by atoms with Crippen LogP contribution in [0.4, 0.5) is 0 Å². The molecule has 0 aromatic rings. The second kappa shape index (κ2) is 7.49. The van der Waals surface area contributed by atoms with E-state index in [4.69, 9.17) is 15.6 Å². The van der Waals surface area contributed by atoms with E-state index < -0.39 is 0 Å². The Morgan fingerprint density at radius 3 is 2.67 bits per heavy atom. The third-order valence-corrected chi connectivity index (χ3v) is 1.45. The summed E-state index contributed by atoms with van der Waals surface area (Å²) in [6.07, 6.45) is 0. The summed E-state index contributed by atoms with van der Waals surface area (Å²) in [5.41, 5.74) is 5.60. The largest absolute Gasteiger partial charge is 0.394 e. The summed E-state index contributed by atoms with van der Waals surface area (Å²) < 4.78 is 5.10. The molecule has 1 unspecified atom stereocenters. The highest BCUT2D eigenvalue weighted by Crippen LogP contribution is 1.85. The summed E-state index contributed by atoms with van der Waals surface area (Å²) in [6, 6.07) is 0.202. The summed E-state index contributed by atoms with van der Waals surface area (Å²) in [4.78, 5) is 2.11. The SMILES string of the molecule is CC(N)CN(C)CCOCCO. The average Bonchev–Trinajstić information content (AvgIpc) is 1.97. The average molecular weight is 176 g/mol. The Balaban J connectivity index is 3.14. The van der Waals surface area contributed by atoms with Crippen LogP contribution in [0.3, 0.4) is 0 Å². The fourth-order valence-electron chi connectivity index (χ4n) is 0.970. The molecule has 4 heteroatoms. The van der Waals surface area contributed by atoms with E-state index in [1.54, 1.807) is 0 Å². The summed E-state index contributed by atoms with van der Waals surface area (Å²) in [6.45, 7) is 4.89. The molecule has 0 aliphatic carbocycles. The van der Waals surface area contributed by atoms with E-state index in [-0.39, 0.29) is 12.6 Å². The first kappa shape index (κ1) is 11.8. The van der Waals surface area contributed by atoms with Crippen molar-refractivity contribution in [2.45, 2.75) is 13.0 Å². The molecule has 0 saturated heterocycles. The van der Waals surface area contributed by atoms with Crippen LogP contribution in [0.1, 0.15) is 6.92 Å². The van der Waals surface area contributed by atoms with Gasteiger partial charge < -0.3 is 20.5 Å². The Bertz CT molecular complexity index is 99.1. The topological polar surface area (TPSA) is 58.7 Å². The van der Waals surface area contributed by atoms with E-state index in [2.05, 4.69) is 4.90 Å². The molecule has 0 saturated carbocycles. The van der Waals surface area contributed by atoms with Crippen LogP contribution in [0.15, 0.2) is 0 Å². The second-order valence-corrected chi connectivity index (χ2v) is 3.08. The minimum atomic E-state index is 0.0943. The maximum Gasteiger partial charge on any atom is 0.0698 e. The molecular weight excluding hydrogens is 156 g/mol. The Labute approximate surface area is 74.3 Å². The first-order chi connectivity index (χ1) is 5.66.